The van der Waals surface area contributed by atoms with Gasteiger partial charge in [0.15, 0.2) is 12.4 Å². The zero-order valence-corrected chi connectivity index (χ0v) is 88.1. The fourth-order valence-electron chi connectivity index (χ4n) is 25.2. The lowest BCUT2D eigenvalue weighted by Gasteiger charge is -2.53. The number of H-pyrrole nitrogens is 4. The van der Waals surface area contributed by atoms with Crippen molar-refractivity contribution in [1.82, 2.24) is 24.8 Å². The number of hydrogen-bond acceptors (Lipinski definition) is 18. The van der Waals surface area contributed by atoms with Crippen LogP contribution in [0.3, 0.4) is 0 Å². The lowest BCUT2D eigenvalue weighted by atomic mass is 9.53. The molecular formula is C125H151N9O13. The zero-order chi connectivity index (χ0) is 103. The van der Waals surface area contributed by atoms with Crippen LogP contribution in [0.5, 0.6) is 17.2 Å². The fourth-order valence-corrected chi connectivity index (χ4v) is 25.2. The van der Waals surface area contributed by atoms with Gasteiger partial charge in [0.25, 0.3) is 0 Å². The Morgan fingerprint density at radius 1 is 0.585 bits per heavy atom. The van der Waals surface area contributed by atoms with E-state index in [1.54, 1.807) is 0 Å². The Kier molecular flexibility index (Phi) is 33.4. The van der Waals surface area contributed by atoms with Crippen molar-refractivity contribution in [3.63, 3.8) is 0 Å². The highest BCUT2D eigenvalue weighted by atomic mass is 16.5. The third-order valence-electron chi connectivity index (χ3n) is 33.7. The number of benzene rings is 4. The number of aliphatic imine (C=N–C) groups is 4. The van der Waals surface area contributed by atoms with Crippen LogP contribution < -0.4 is 52.3 Å². The van der Waals surface area contributed by atoms with Gasteiger partial charge in [-0.15, -0.1) is 0 Å². The van der Waals surface area contributed by atoms with Gasteiger partial charge in [0.05, 0.1) is 90.6 Å². The van der Waals surface area contributed by atoms with Crippen LogP contribution in [-0.2, 0) is 39.8 Å². The average Bonchev–Trinajstić information content (AvgIpc) is 1.54. The van der Waals surface area contributed by atoms with Gasteiger partial charge in [0, 0.05) is 123 Å². The van der Waals surface area contributed by atoms with Crippen LogP contribution in [0.15, 0.2) is 153 Å². The number of hydrogen-bond donors (Lipinski definition) is 6. The molecule has 8 aromatic rings. The molecule has 774 valence electrons. The summed E-state index contributed by atoms with van der Waals surface area (Å²) in [6, 6.07) is 32.6. The maximum Gasteiger partial charge on any atom is 0.340 e. The average molecular weight is 1990 g/mol. The van der Waals surface area contributed by atoms with E-state index in [4.69, 9.17) is 48.4 Å². The minimum atomic E-state index is -0.927. The molecule has 0 amide bonds. The number of aromatic hydroxyl groups is 1. The molecule has 18 rings (SSSR count). The van der Waals surface area contributed by atoms with E-state index < -0.39 is 29.6 Å². The van der Waals surface area contributed by atoms with E-state index in [1.165, 1.54) is 47.6 Å². The largest absolute Gasteiger partial charge is 0.508 e. The molecule has 13 atom stereocenters. The lowest BCUT2D eigenvalue weighted by Crippen LogP contribution is -2.50. The molecule has 0 saturated heterocycles. The van der Waals surface area contributed by atoms with Crippen molar-refractivity contribution in [2.45, 2.75) is 249 Å². The summed E-state index contributed by atoms with van der Waals surface area (Å²) in [5.41, 5.74) is 23.6. The Morgan fingerprint density at radius 2 is 1.14 bits per heavy atom. The number of aromatic nitrogens is 4. The molecule has 2 fully saturated rings. The van der Waals surface area contributed by atoms with Gasteiger partial charge in [0.1, 0.15) is 23.9 Å². The first-order valence-corrected chi connectivity index (χ1v) is 53.0. The van der Waals surface area contributed by atoms with E-state index in [1.807, 2.05) is 57.2 Å². The number of aliphatic hydroxyl groups is 1. The highest BCUT2D eigenvalue weighted by Gasteiger charge is 2.61. The van der Waals surface area contributed by atoms with E-state index >= 15 is 0 Å². The predicted octanol–water partition coefficient (Wildman–Crippen LogP) is 18.5. The third-order valence-corrected chi connectivity index (χ3v) is 33.7. The smallest absolute Gasteiger partial charge is 0.340 e. The number of methoxy groups -OCH3 is 2. The van der Waals surface area contributed by atoms with Gasteiger partial charge in [-0.05, 0) is 311 Å². The predicted molar refractivity (Wildman–Crippen MR) is 593 cm³/mol. The molecule has 7 unspecified atom stereocenters. The molecule has 4 aliphatic carbocycles. The van der Waals surface area contributed by atoms with Gasteiger partial charge in [-0.2, -0.15) is 0 Å². The number of nitrogens with zero attached hydrogens (tertiary/aromatic N) is 5. The molecule has 6 aliphatic heterocycles. The fraction of sp³-hybridized carbons (Fsp3) is 0.448. The number of carbonyl (C=O) groups excluding carboxylic acids is 5. The number of aromatic amines is 4. The van der Waals surface area contributed by atoms with E-state index in [0.29, 0.717) is 109 Å². The summed E-state index contributed by atoms with van der Waals surface area (Å²) in [7, 11) is 6.78. The van der Waals surface area contributed by atoms with Gasteiger partial charge in [-0.1, -0.05) is 180 Å². The molecule has 22 heteroatoms. The lowest BCUT2D eigenvalue weighted by molar-refractivity contribution is -0.144. The number of ketones is 1. The molecule has 10 aliphatic rings. The number of phenolic OH excluding ortho intramolecular Hbond substituents is 1. The Balaban J connectivity index is 0.000000219. The van der Waals surface area contributed by atoms with Crippen LogP contribution in [0.1, 0.15) is 280 Å². The summed E-state index contributed by atoms with van der Waals surface area (Å²) >= 11 is 0. The highest BCUT2D eigenvalue weighted by molar-refractivity contribution is 6.18. The molecule has 6 N–H and O–H groups in total. The maximum absolute atomic E-state index is 13.9. The highest BCUT2D eigenvalue weighted by Crippen LogP contribution is 2.65. The topological polar surface area (TPSA) is 297 Å². The van der Waals surface area contributed by atoms with Crippen LogP contribution in [0.25, 0.3) is 70.9 Å². The normalized spacial score (nSPS) is 24.4. The number of rotatable bonds is 32. The minimum absolute atomic E-state index is 0. The summed E-state index contributed by atoms with van der Waals surface area (Å²) in [6.07, 6.45) is 31.1. The SMILES string of the molecule is C.C=Cc1c(C)c2[nH]/c1=C\C1=NC(=C(CC)C1C)/C=c1\[nH]/c(c(C(=O)OC)c1C)=C(/CC(=O)OC)C1N=C(C=2)[C@@H](C)[C@@H]1CCC(=O)OCC#CC[C@]1(O)CCC2C3CCc4cc(O)ccc4C3CC[C@@]21C.C=Cc1c(C)c2[nH]c1=CC1=NC(=C(CC)C1C)/C=c1\[nH]c3c(c1C)C(=O)CC=3C1N=C(C=2)[C@@H](C)[C@@H]1CCC(=O)OCCCCCCCOc1ccc(/C(=C(\CC)c2ccccc2)c2ccc(OCCN(C)C)cc2)cc1.[HH]. The molecule has 0 radical (unpaired) electrons. The molecule has 0 spiro atoms. The summed E-state index contributed by atoms with van der Waals surface area (Å²) in [5, 5.41) is 29.0. The number of esters is 4. The summed E-state index contributed by atoms with van der Waals surface area (Å²) < 4.78 is 34.5. The van der Waals surface area contributed by atoms with Crippen molar-refractivity contribution in [2.24, 2.45) is 72.7 Å². The molecule has 22 nitrogen and oxygen atoms in total. The van der Waals surface area contributed by atoms with Gasteiger partial charge in [-0.25, -0.2) is 4.79 Å². The Morgan fingerprint density at radius 3 is 1.71 bits per heavy atom. The number of aryl methyl sites for hydroxylation is 1. The van der Waals surface area contributed by atoms with Gasteiger partial charge < -0.3 is 63.5 Å². The van der Waals surface area contributed by atoms with Crippen LogP contribution in [0.4, 0.5) is 0 Å². The van der Waals surface area contributed by atoms with Crippen molar-refractivity contribution < 1.29 is 64.0 Å². The number of unbranched alkanes of at least 4 members (excludes halogenated alkanes) is 4. The zero-order valence-electron chi connectivity index (χ0n) is 88.1. The molecule has 147 heavy (non-hydrogen) atoms. The molecule has 4 aromatic carbocycles. The van der Waals surface area contributed by atoms with E-state index in [9.17, 15) is 34.2 Å². The van der Waals surface area contributed by atoms with E-state index in [-0.39, 0.29) is 87.0 Å². The van der Waals surface area contributed by atoms with Crippen LogP contribution >= 0.6 is 0 Å². The minimum Gasteiger partial charge on any atom is -0.508 e. The summed E-state index contributed by atoms with van der Waals surface area (Å²) in [5.74, 6) is 7.90. The number of allylic oxidation sites excluding steroid dienone is 5. The number of carbonyl (C=O) groups is 5. The number of fused-ring (bicyclic) bond motifs is 17. The second kappa shape index (κ2) is 46.0. The Hall–Kier alpha value is -13.2. The van der Waals surface area contributed by atoms with Crippen LogP contribution in [-0.4, -0.2) is 167 Å². The molecule has 4 aromatic heterocycles. The number of likely N-dealkylation sites (N-methyl/N-ethyl adjacent to an activating group) is 1. The van der Waals surface area contributed by atoms with Crippen molar-refractivity contribution in [3.8, 4) is 29.1 Å². The van der Waals surface area contributed by atoms with Crippen molar-refractivity contribution in [3.05, 3.63) is 248 Å². The van der Waals surface area contributed by atoms with Gasteiger partial charge >= 0.3 is 23.9 Å². The van der Waals surface area contributed by atoms with Gasteiger partial charge in [0.2, 0.25) is 0 Å². The molecule has 2 saturated carbocycles. The summed E-state index contributed by atoms with van der Waals surface area (Å²) in [6.45, 7) is 36.3. The molecule has 10 heterocycles. The van der Waals surface area contributed by atoms with Crippen molar-refractivity contribution in [2.75, 3.05) is 61.3 Å². The second-order valence-corrected chi connectivity index (χ2v) is 42.1. The Bertz CT molecular complexity index is 7320. The Labute approximate surface area is 867 Å². The van der Waals surface area contributed by atoms with E-state index in [2.05, 4.69) is 235 Å². The first-order chi connectivity index (χ1) is 70.4. The molecule has 16 bridgehead atoms. The standard InChI is InChI=1S/C66H77N5O5.C58H68N4O8.CH4.H2/c1-10-50-41(4)55-38-57-43(6)53(65(69-57)54-37-61(72)63-44(7)58(70-66(54)63)40-60-51(11-2)42(5)56(68-60)39-59(50)67-55)31-32-62(73)76-35-20-15-13-14-19-34-74-48-27-23-46(24-28-48)64(52(12-3)45-21-17-16-18-22-45)47-25-29-49(30-26-47)75-36-33-71(8)9;1-10-37-31(3)45-28-47-33(5)39(18-19-51(64)70-25-13-12-22-58(67)24-21-44-42-16-14-35-26-36(63)15-17-40(35)41(42)20-23-57(44,58)7)54(61-47)43(27-52(65)68-8)55-53(56(66)69-9)34(6)48(62-55)30-50-38(11-2)32(4)46(60-50)29-49(37)59-45;;/h10,16-18,21-30,38-40,42-43,53,65,67,70H,1,11-15,19-20,31-37H2,2-9H3;10,15,17,26,28-30,32-33,39,41-42,44,54,59,62-63,67H,1,11,14,16,18-25,27H2,2-9H3;1H4;1H/b55-38?,58-40-,59-39?,64-52-;45-28?,48-30-,49-29-,55-43-;;/t42?,43-,53-,65?;32?,33-,39-,41?,42?,44?,54?,57-,58-;;/m00../s1. The number of Topliss-reactive ketones (excluding diaryl/α,β-unsaturated/α-hetero) is 1. The van der Waals surface area contributed by atoms with Crippen molar-refractivity contribution in [1.29, 1.82) is 0 Å². The van der Waals surface area contributed by atoms with Crippen LogP contribution in [0.2, 0.25) is 0 Å². The number of phenols is 1. The number of nitrogens with one attached hydrogen (secondary N) is 4. The quantitative estimate of drug-likeness (QED) is 0.00751. The van der Waals surface area contributed by atoms with Crippen molar-refractivity contribution >= 4 is 123 Å². The number of ether oxygens (including phenoxy) is 6. The monoisotopic (exact) mass is 1990 g/mol. The van der Waals surface area contributed by atoms with Crippen LogP contribution in [0, 0.1) is 92.3 Å². The maximum atomic E-state index is 13.9. The second-order valence-electron chi connectivity index (χ2n) is 42.1. The molecular weight excluding hydrogens is 1840 g/mol. The first kappa shape index (κ1) is 107. The van der Waals surface area contributed by atoms with E-state index in [0.717, 1.165) is 224 Å². The first-order valence-electron chi connectivity index (χ1n) is 53.0. The third kappa shape index (κ3) is 21.8. The van der Waals surface area contributed by atoms with Gasteiger partial charge in [-0.3, -0.25) is 39.1 Å². The summed E-state index contributed by atoms with van der Waals surface area (Å²) in [4.78, 5) is 106.